The monoisotopic (exact) mass is 421 g/mol. The van der Waals surface area contributed by atoms with Crippen LogP contribution in [-0.4, -0.2) is 63.5 Å². The van der Waals surface area contributed by atoms with Crippen molar-refractivity contribution >= 4 is 15.9 Å². The molecular formula is C20H24FN3O4S. The lowest BCUT2D eigenvalue weighted by Gasteiger charge is -2.34. The summed E-state index contributed by atoms with van der Waals surface area (Å²) in [5.74, 6) is 0.311. The number of hydrogen-bond donors (Lipinski definition) is 1. The van der Waals surface area contributed by atoms with E-state index in [9.17, 15) is 17.6 Å². The molecule has 3 rings (SSSR count). The molecule has 0 aromatic heterocycles. The summed E-state index contributed by atoms with van der Waals surface area (Å²) in [6.45, 7) is 3.95. The van der Waals surface area contributed by atoms with E-state index < -0.39 is 10.0 Å². The highest BCUT2D eigenvalue weighted by Gasteiger charge is 2.21. The molecule has 2 aromatic carbocycles. The van der Waals surface area contributed by atoms with Gasteiger partial charge in [0.25, 0.3) is 0 Å². The molecule has 0 radical (unpaired) electrons. The highest BCUT2D eigenvalue weighted by molar-refractivity contribution is 7.89. The molecule has 0 aliphatic carbocycles. The summed E-state index contributed by atoms with van der Waals surface area (Å²) < 4.78 is 41.1. The molecule has 1 aliphatic heterocycles. The number of ether oxygens (including phenoxy) is 1. The smallest absolute Gasteiger partial charge is 0.238 e. The van der Waals surface area contributed by atoms with Crippen LogP contribution in [0.25, 0.3) is 0 Å². The van der Waals surface area contributed by atoms with Crippen molar-refractivity contribution in [1.82, 2.24) is 9.80 Å². The van der Waals surface area contributed by atoms with Gasteiger partial charge in [-0.1, -0.05) is 12.1 Å². The second-order valence-electron chi connectivity index (χ2n) is 6.89. The van der Waals surface area contributed by atoms with Crippen molar-refractivity contribution in [3.63, 3.8) is 0 Å². The number of carbonyl (C=O) groups excluding carboxylic acids is 1. The summed E-state index contributed by atoms with van der Waals surface area (Å²) in [5, 5.41) is 5.07. The fraction of sp³-hybridized carbons (Fsp3) is 0.350. The number of hydrogen-bond acceptors (Lipinski definition) is 5. The maximum absolute atomic E-state index is 13.0. The van der Waals surface area contributed by atoms with Crippen molar-refractivity contribution in [2.24, 2.45) is 5.14 Å². The lowest BCUT2D eigenvalue weighted by atomic mass is 10.1. The molecule has 0 unspecified atom stereocenters. The first-order valence-corrected chi connectivity index (χ1v) is 10.9. The third-order valence-corrected chi connectivity index (χ3v) is 5.75. The van der Waals surface area contributed by atoms with Gasteiger partial charge in [-0.3, -0.25) is 9.69 Å². The Bertz CT molecular complexity index is 925. The van der Waals surface area contributed by atoms with E-state index in [1.165, 1.54) is 24.3 Å². The Kier molecular flexibility index (Phi) is 6.83. The molecule has 2 N–H and O–H groups in total. The topological polar surface area (TPSA) is 92.9 Å². The van der Waals surface area contributed by atoms with Gasteiger partial charge in [0.15, 0.2) is 0 Å². The summed E-state index contributed by atoms with van der Waals surface area (Å²) in [6, 6.07) is 12.0. The number of sulfonamides is 1. The molecule has 9 heteroatoms. The van der Waals surface area contributed by atoms with E-state index in [0.29, 0.717) is 32.0 Å². The van der Waals surface area contributed by atoms with E-state index in [1.807, 2.05) is 4.90 Å². The summed E-state index contributed by atoms with van der Waals surface area (Å²) in [7, 11) is -3.70. The van der Waals surface area contributed by atoms with Gasteiger partial charge in [-0.05, 0) is 42.0 Å². The Morgan fingerprint density at radius 2 is 1.62 bits per heavy atom. The van der Waals surface area contributed by atoms with Crippen LogP contribution in [0.2, 0.25) is 0 Å². The highest BCUT2D eigenvalue weighted by atomic mass is 32.2. The zero-order valence-electron chi connectivity index (χ0n) is 16.0. The predicted molar refractivity (Wildman–Crippen MR) is 106 cm³/mol. The molecule has 2 aromatic rings. The fourth-order valence-corrected chi connectivity index (χ4v) is 3.64. The number of amides is 1. The third kappa shape index (κ3) is 6.25. The van der Waals surface area contributed by atoms with Gasteiger partial charge in [0.1, 0.15) is 18.2 Å². The van der Waals surface area contributed by atoms with Crippen molar-refractivity contribution in [2.75, 3.05) is 39.3 Å². The van der Waals surface area contributed by atoms with Crippen LogP contribution in [0.15, 0.2) is 53.4 Å². The molecule has 0 atom stereocenters. The summed E-state index contributed by atoms with van der Waals surface area (Å²) in [4.78, 5) is 16.5. The molecule has 1 amide bonds. The van der Waals surface area contributed by atoms with Crippen LogP contribution >= 0.6 is 0 Å². The molecule has 0 saturated carbocycles. The Morgan fingerprint density at radius 1 is 1.00 bits per heavy atom. The molecule has 1 saturated heterocycles. The Morgan fingerprint density at radius 3 is 2.21 bits per heavy atom. The number of benzene rings is 2. The van der Waals surface area contributed by atoms with Crippen LogP contribution in [-0.2, 0) is 21.2 Å². The number of nitrogens with zero attached hydrogens (tertiary/aromatic N) is 2. The van der Waals surface area contributed by atoms with Crippen LogP contribution in [0, 0.1) is 5.82 Å². The van der Waals surface area contributed by atoms with Gasteiger partial charge in [0.05, 0.1) is 11.3 Å². The van der Waals surface area contributed by atoms with Crippen molar-refractivity contribution in [3.8, 4) is 5.75 Å². The Balaban J connectivity index is 1.38. The largest absolute Gasteiger partial charge is 0.492 e. The van der Waals surface area contributed by atoms with Crippen molar-refractivity contribution in [3.05, 3.63) is 59.9 Å². The van der Waals surface area contributed by atoms with Crippen LogP contribution in [0.1, 0.15) is 5.56 Å². The lowest BCUT2D eigenvalue weighted by Crippen LogP contribution is -2.49. The third-order valence-electron chi connectivity index (χ3n) is 4.82. The van der Waals surface area contributed by atoms with Crippen molar-refractivity contribution in [2.45, 2.75) is 11.3 Å². The first kappa shape index (κ1) is 21.2. The maximum Gasteiger partial charge on any atom is 0.238 e. The van der Waals surface area contributed by atoms with Crippen LogP contribution in [0.5, 0.6) is 5.75 Å². The van der Waals surface area contributed by atoms with Gasteiger partial charge < -0.3 is 9.64 Å². The maximum atomic E-state index is 13.0. The number of carbonyl (C=O) groups is 1. The van der Waals surface area contributed by atoms with Crippen molar-refractivity contribution in [1.29, 1.82) is 0 Å². The average molecular weight is 421 g/mol. The lowest BCUT2D eigenvalue weighted by molar-refractivity contribution is -0.132. The number of halogens is 1. The second kappa shape index (κ2) is 9.34. The SMILES string of the molecule is NS(=O)(=O)c1ccc(OCCN2CCN(C(=O)Cc3ccc(F)cc3)CC2)cc1. The number of primary sulfonamides is 1. The zero-order valence-corrected chi connectivity index (χ0v) is 16.8. The molecule has 1 heterocycles. The van der Waals surface area contributed by atoms with Crippen LogP contribution in [0.4, 0.5) is 4.39 Å². The number of rotatable bonds is 7. The van der Waals surface area contributed by atoms with Crippen LogP contribution in [0.3, 0.4) is 0 Å². The zero-order chi connectivity index (χ0) is 20.9. The molecular weight excluding hydrogens is 397 g/mol. The molecule has 1 aliphatic rings. The molecule has 0 bridgehead atoms. The van der Waals surface area contributed by atoms with E-state index in [2.05, 4.69) is 4.90 Å². The Hall–Kier alpha value is -2.49. The van der Waals surface area contributed by atoms with Gasteiger partial charge >= 0.3 is 0 Å². The first-order valence-electron chi connectivity index (χ1n) is 9.31. The molecule has 29 heavy (non-hydrogen) atoms. The number of piperazine rings is 1. The minimum atomic E-state index is -3.70. The molecule has 1 fully saturated rings. The van der Waals surface area contributed by atoms with E-state index in [1.54, 1.807) is 24.3 Å². The normalized spacial score (nSPS) is 15.3. The minimum Gasteiger partial charge on any atom is -0.492 e. The summed E-state index contributed by atoms with van der Waals surface area (Å²) in [5.41, 5.74) is 0.806. The van der Waals surface area contributed by atoms with E-state index in [4.69, 9.17) is 9.88 Å². The van der Waals surface area contributed by atoms with Crippen molar-refractivity contribution < 1.29 is 22.3 Å². The van der Waals surface area contributed by atoms with Crippen LogP contribution < -0.4 is 9.88 Å². The van der Waals surface area contributed by atoms with Gasteiger partial charge in [-0.15, -0.1) is 0 Å². The van der Waals surface area contributed by atoms with E-state index in [-0.39, 0.29) is 23.0 Å². The molecule has 7 nitrogen and oxygen atoms in total. The van der Waals surface area contributed by atoms with Gasteiger partial charge in [0, 0.05) is 32.7 Å². The second-order valence-corrected chi connectivity index (χ2v) is 8.45. The Labute approximate surface area is 169 Å². The number of nitrogens with two attached hydrogens (primary N) is 1. The first-order chi connectivity index (χ1) is 13.8. The fourth-order valence-electron chi connectivity index (χ4n) is 3.13. The summed E-state index contributed by atoms with van der Waals surface area (Å²) >= 11 is 0. The van der Waals surface area contributed by atoms with E-state index >= 15 is 0 Å². The standard InChI is InChI=1S/C20H24FN3O4S/c21-17-3-1-16(2-4-17)15-20(25)24-11-9-23(10-12-24)13-14-28-18-5-7-19(8-6-18)29(22,26)27/h1-8H,9-15H2,(H2,22,26,27). The summed E-state index contributed by atoms with van der Waals surface area (Å²) in [6.07, 6.45) is 0.276. The highest BCUT2D eigenvalue weighted by Crippen LogP contribution is 2.15. The molecule has 156 valence electrons. The quantitative estimate of drug-likeness (QED) is 0.726. The van der Waals surface area contributed by atoms with Gasteiger partial charge in [0.2, 0.25) is 15.9 Å². The predicted octanol–water partition coefficient (Wildman–Crippen LogP) is 1.24. The van der Waals surface area contributed by atoms with Gasteiger partial charge in [-0.25, -0.2) is 17.9 Å². The molecule has 0 spiro atoms. The van der Waals surface area contributed by atoms with Gasteiger partial charge in [-0.2, -0.15) is 0 Å². The van der Waals surface area contributed by atoms with E-state index in [0.717, 1.165) is 18.7 Å². The average Bonchev–Trinajstić information content (AvgIpc) is 2.70. The minimum absolute atomic E-state index is 0.0439.